The first-order chi connectivity index (χ1) is 7.84. The fourth-order valence-electron chi connectivity index (χ4n) is 1.03. The molecule has 0 atom stereocenters. The lowest BCUT2D eigenvalue weighted by Gasteiger charge is -2.21. The maximum atomic E-state index is 13.0. The van der Waals surface area contributed by atoms with E-state index in [-0.39, 0.29) is 17.8 Å². The maximum Gasteiger partial charge on any atom is 0.290 e. The lowest BCUT2D eigenvalue weighted by atomic mass is 10.1. The van der Waals surface area contributed by atoms with Gasteiger partial charge in [-0.25, -0.2) is 9.37 Å². The standard InChI is InChI=1S/C10H15FN2O.CH2O2/c1-10(2,3)13-9-5-8(14-4)7(11)6-12-9;2-1-3/h5-6H,1-4H3,(H,12,13);1H,(H,2,3). The predicted octanol–water partition coefficient (Wildman–Crippen LogP) is 2.14. The third kappa shape index (κ3) is 6.34. The van der Waals surface area contributed by atoms with Crippen molar-refractivity contribution >= 4 is 12.3 Å². The number of ether oxygens (including phenoxy) is 1. The van der Waals surface area contributed by atoms with Crippen LogP contribution >= 0.6 is 0 Å². The second-order valence-electron chi connectivity index (χ2n) is 4.18. The zero-order valence-electron chi connectivity index (χ0n) is 10.3. The molecule has 1 aromatic rings. The second kappa shape index (κ2) is 6.67. The van der Waals surface area contributed by atoms with E-state index < -0.39 is 5.82 Å². The second-order valence-corrected chi connectivity index (χ2v) is 4.18. The highest BCUT2D eigenvalue weighted by Gasteiger charge is 2.12. The van der Waals surface area contributed by atoms with Crippen LogP contribution in [0.1, 0.15) is 20.8 Å². The number of methoxy groups -OCH3 is 1. The van der Waals surface area contributed by atoms with Crippen LogP contribution < -0.4 is 10.1 Å². The quantitative estimate of drug-likeness (QED) is 0.780. The summed E-state index contributed by atoms with van der Waals surface area (Å²) < 4.78 is 17.8. The van der Waals surface area contributed by atoms with Gasteiger partial charge < -0.3 is 15.2 Å². The smallest absolute Gasteiger partial charge is 0.290 e. The van der Waals surface area contributed by atoms with Gasteiger partial charge in [-0.2, -0.15) is 0 Å². The molecule has 17 heavy (non-hydrogen) atoms. The molecule has 0 spiro atoms. The van der Waals surface area contributed by atoms with Crippen LogP contribution in [-0.2, 0) is 4.79 Å². The molecule has 0 unspecified atom stereocenters. The highest BCUT2D eigenvalue weighted by Crippen LogP contribution is 2.20. The Morgan fingerprint density at radius 2 is 2.06 bits per heavy atom. The molecule has 1 aromatic heterocycles. The number of nitrogens with one attached hydrogen (secondary N) is 1. The number of aromatic nitrogens is 1. The molecule has 0 radical (unpaired) electrons. The molecular weight excluding hydrogens is 227 g/mol. The van der Waals surface area contributed by atoms with Gasteiger partial charge in [0, 0.05) is 11.6 Å². The first-order valence-corrected chi connectivity index (χ1v) is 4.89. The molecule has 0 aliphatic rings. The summed E-state index contributed by atoms with van der Waals surface area (Å²) in [6, 6.07) is 1.54. The van der Waals surface area contributed by atoms with Crippen LogP contribution in [0.25, 0.3) is 0 Å². The van der Waals surface area contributed by atoms with Crippen LogP contribution in [0.5, 0.6) is 5.75 Å². The summed E-state index contributed by atoms with van der Waals surface area (Å²) in [6.07, 6.45) is 1.15. The van der Waals surface area contributed by atoms with Gasteiger partial charge in [0.25, 0.3) is 6.47 Å². The van der Waals surface area contributed by atoms with Gasteiger partial charge in [0.05, 0.1) is 13.3 Å². The molecule has 96 valence electrons. The van der Waals surface area contributed by atoms with Gasteiger partial charge in [-0.1, -0.05) is 0 Å². The molecule has 0 bridgehead atoms. The molecule has 0 aliphatic carbocycles. The minimum Gasteiger partial charge on any atom is -0.493 e. The maximum absolute atomic E-state index is 13.0. The topological polar surface area (TPSA) is 71.5 Å². The summed E-state index contributed by atoms with van der Waals surface area (Å²) in [7, 11) is 1.43. The number of halogens is 1. The van der Waals surface area contributed by atoms with E-state index in [9.17, 15) is 4.39 Å². The number of carbonyl (C=O) groups is 1. The average molecular weight is 244 g/mol. The van der Waals surface area contributed by atoms with Crippen molar-refractivity contribution in [1.82, 2.24) is 4.98 Å². The lowest BCUT2D eigenvalue weighted by Crippen LogP contribution is -2.26. The summed E-state index contributed by atoms with van der Waals surface area (Å²) in [5.74, 6) is 0.356. The zero-order valence-corrected chi connectivity index (χ0v) is 10.3. The Balaban J connectivity index is 0.000000770. The van der Waals surface area contributed by atoms with Gasteiger partial charge in [0.1, 0.15) is 5.82 Å². The Bertz CT molecular complexity index is 364. The van der Waals surface area contributed by atoms with Crippen LogP contribution in [-0.4, -0.2) is 29.2 Å². The van der Waals surface area contributed by atoms with Crippen LogP contribution in [0.4, 0.5) is 10.2 Å². The molecule has 1 heterocycles. The number of pyridine rings is 1. The summed E-state index contributed by atoms with van der Waals surface area (Å²) in [6.45, 7) is 5.76. The molecule has 0 aromatic carbocycles. The molecule has 0 amide bonds. The van der Waals surface area contributed by atoms with E-state index in [1.165, 1.54) is 7.11 Å². The Morgan fingerprint density at radius 3 is 2.47 bits per heavy atom. The fourth-order valence-corrected chi connectivity index (χ4v) is 1.03. The molecule has 5 nitrogen and oxygen atoms in total. The van der Waals surface area contributed by atoms with Crippen molar-refractivity contribution in [3.63, 3.8) is 0 Å². The average Bonchev–Trinajstić information content (AvgIpc) is 2.20. The van der Waals surface area contributed by atoms with E-state index in [0.717, 1.165) is 6.20 Å². The molecule has 2 N–H and O–H groups in total. The van der Waals surface area contributed by atoms with Gasteiger partial charge in [0.15, 0.2) is 11.6 Å². The minimum absolute atomic E-state index is 0.101. The molecule has 6 heteroatoms. The van der Waals surface area contributed by atoms with Crippen molar-refractivity contribution in [1.29, 1.82) is 0 Å². The molecule has 1 rings (SSSR count). The Hall–Kier alpha value is -1.85. The van der Waals surface area contributed by atoms with Gasteiger partial charge in [-0.05, 0) is 20.8 Å². The van der Waals surface area contributed by atoms with Crippen molar-refractivity contribution in [2.75, 3.05) is 12.4 Å². The molecule has 0 saturated carbocycles. The van der Waals surface area contributed by atoms with E-state index in [1.54, 1.807) is 6.07 Å². The normalized spacial score (nSPS) is 9.94. The van der Waals surface area contributed by atoms with Gasteiger partial charge >= 0.3 is 0 Å². The third-order valence-electron chi connectivity index (χ3n) is 1.54. The number of nitrogens with zero attached hydrogens (tertiary/aromatic N) is 1. The van der Waals surface area contributed by atoms with E-state index in [2.05, 4.69) is 10.3 Å². The van der Waals surface area contributed by atoms with Crippen molar-refractivity contribution in [2.24, 2.45) is 0 Å². The molecule has 0 fully saturated rings. The van der Waals surface area contributed by atoms with Crippen LogP contribution in [0.3, 0.4) is 0 Å². The summed E-state index contributed by atoms with van der Waals surface area (Å²) in [4.78, 5) is 12.3. The Morgan fingerprint density at radius 1 is 1.53 bits per heavy atom. The lowest BCUT2D eigenvalue weighted by molar-refractivity contribution is -0.122. The van der Waals surface area contributed by atoms with E-state index in [1.807, 2.05) is 20.8 Å². The van der Waals surface area contributed by atoms with Crippen molar-refractivity contribution in [3.05, 3.63) is 18.1 Å². The van der Waals surface area contributed by atoms with E-state index in [4.69, 9.17) is 14.6 Å². The largest absolute Gasteiger partial charge is 0.493 e. The predicted molar refractivity (Wildman–Crippen MR) is 62.8 cm³/mol. The molecule has 0 saturated heterocycles. The Labute approximate surface area is 99.6 Å². The number of hydrogen-bond donors (Lipinski definition) is 2. The van der Waals surface area contributed by atoms with Gasteiger partial charge in [-0.15, -0.1) is 0 Å². The van der Waals surface area contributed by atoms with E-state index in [0.29, 0.717) is 5.82 Å². The number of anilines is 1. The zero-order chi connectivity index (χ0) is 13.5. The summed E-state index contributed by atoms with van der Waals surface area (Å²) in [5, 5.41) is 10.0. The van der Waals surface area contributed by atoms with Crippen LogP contribution in [0.15, 0.2) is 12.3 Å². The van der Waals surface area contributed by atoms with E-state index >= 15 is 0 Å². The van der Waals surface area contributed by atoms with Gasteiger partial charge in [-0.3, -0.25) is 4.79 Å². The molecule has 0 aliphatic heterocycles. The van der Waals surface area contributed by atoms with Crippen molar-refractivity contribution < 1.29 is 19.0 Å². The minimum atomic E-state index is -0.452. The number of carboxylic acid groups (broad SMARTS) is 1. The first kappa shape index (κ1) is 15.2. The fraction of sp³-hybridized carbons (Fsp3) is 0.455. The highest BCUT2D eigenvalue weighted by atomic mass is 19.1. The van der Waals surface area contributed by atoms with Crippen molar-refractivity contribution in [3.8, 4) is 5.75 Å². The summed E-state index contributed by atoms with van der Waals surface area (Å²) >= 11 is 0. The molecular formula is C11H17FN2O3. The van der Waals surface area contributed by atoms with Gasteiger partial charge in [0.2, 0.25) is 0 Å². The van der Waals surface area contributed by atoms with Crippen LogP contribution in [0, 0.1) is 5.82 Å². The monoisotopic (exact) mass is 244 g/mol. The first-order valence-electron chi connectivity index (χ1n) is 4.89. The summed E-state index contributed by atoms with van der Waals surface area (Å²) in [5.41, 5.74) is -0.101. The number of hydrogen-bond acceptors (Lipinski definition) is 4. The SMILES string of the molecule is COc1cc(NC(C)(C)C)ncc1F.O=CO. The highest BCUT2D eigenvalue weighted by molar-refractivity contribution is 5.42. The third-order valence-corrected chi connectivity index (χ3v) is 1.54. The number of rotatable bonds is 2. The Kier molecular flexibility index (Phi) is 5.95. The van der Waals surface area contributed by atoms with Crippen molar-refractivity contribution in [2.45, 2.75) is 26.3 Å². The van der Waals surface area contributed by atoms with Crippen LogP contribution in [0.2, 0.25) is 0 Å².